The van der Waals surface area contributed by atoms with Crippen LogP contribution in [0.5, 0.6) is 0 Å². The summed E-state index contributed by atoms with van der Waals surface area (Å²) >= 11 is 0. The van der Waals surface area contributed by atoms with Gasteiger partial charge in [0.15, 0.2) is 0 Å². The number of unbranched alkanes of at least 4 members (excludes halogenated alkanes) is 1. The predicted molar refractivity (Wildman–Crippen MR) is 188 cm³/mol. The van der Waals surface area contributed by atoms with Crippen LogP contribution in [0.4, 0.5) is 0 Å². The Morgan fingerprint density at radius 1 is 0.412 bits per heavy atom. The normalized spacial score (nSPS) is 11.5. The second-order valence-electron chi connectivity index (χ2n) is 11.8. The van der Waals surface area contributed by atoms with Crippen molar-refractivity contribution >= 4 is 23.9 Å². The van der Waals surface area contributed by atoms with E-state index in [2.05, 4.69) is 0 Å². The minimum Gasteiger partial charge on any atom is -0.466 e. The number of aliphatic hydroxyl groups excluding tert-OH is 4. The van der Waals surface area contributed by atoms with Crippen molar-refractivity contribution in [1.82, 2.24) is 19.6 Å². The van der Waals surface area contributed by atoms with Gasteiger partial charge in [-0.05, 0) is 19.3 Å². The monoisotopic (exact) mass is 738 g/mol. The summed E-state index contributed by atoms with van der Waals surface area (Å²) in [6.07, 6.45) is 2.46. The molecular weight excluding hydrogens is 672 g/mol. The Hall–Kier alpha value is -2.48. The van der Waals surface area contributed by atoms with Crippen molar-refractivity contribution in [2.75, 3.05) is 145 Å². The molecule has 0 aliphatic rings. The third-order valence-electron chi connectivity index (χ3n) is 7.74. The van der Waals surface area contributed by atoms with Crippen molar-refractivity contribution in [3.63, 3.8) is 0 Å². The van der Waals surface area contributed by atoms with E-state index in [1.54, 1.807) is 0 Å². The summed E-state index contributed by atoms with van der Waals surface area (Å²) in [6.45, 7) is 8.19. The van der Waals surface area contributed by atoms with Crippen molar-refractivity contribution in [2.24, 2.45) is 0 Å². The van der Waals surface area contributed by atoms with Crippen LogP contribution in [0.3, 0.4) is 0 Å². The highest BCUT2D eigenvalue weighted by molar-refractivity contribution is 5.70. The average molecular weight is 739 g/mol. The van der Waals surface area contributed by atoms with Gasteiger partial charge in [0.05, 0.1) is 78.5 Å². The van der Waals surface area contributed by atoms with E-state index in [0.717, 1.165) is 6.42 Å². The SMILES string of the molecule is CCCOC(=O)CCN(CCO)CCN(CCO)CCC(=O)OCCCCOC(=O)CCN(CCO)CCN(CCO)CCC(=O)OCCOC. The number of methoxy groups -OCH3 is 1. The van der Waals surface area contributed by atoms with E-state index < -0.39 is 0 Å². The molecule has 0 radical (unpaired) electrons. The van der Waals surface area contributed by atoms with Crippen LogP contribution < -0.4 is 0 Å². The zero-order valence-corrected chi connectivity index (χ0v) is 31.1. The number of hydrogen-bond acceptors (Lipinski definition) is 17. The fourth-order valence-corrected chi connectivity index (χ4v) is 4.79. The Labute approximate surface area is 303 Å². The van der Waals surface area contributed by atoms with E-state index in [4.69, 9.17) is 23.7 Å². The maximum Gasteiger partial charge on any atom is 0.307 e. The molecule has 0 aromatic heterocycles. The van der Waals surface area contributed by atoms with E-state index in [1.165, 1.54) is 7.11 Å². The summed E-state index contributed by atoms with van der Waals surface area (Å²) in [5.74, 6) is -1.37. The summed E-state index contributed by atoms with van der Waals surface area (Å²) in [6, 6.07) is 0. The number of carbonyl (C=O) groups is 4. The molecule has 0 atom stereocenters. The largest absolute Gasteiger partial charge is 0.466 e. The second kappa shape index (κ2) is 34.6. The number of carbonyl (C=O) groups excluding carboxylic acids is 4. The Bertz CT molecular complexity index is 887. The van der Waals surface area contributed by atoms with Gasteiger partial charge in [-0.15, -0.1) is 0 Å². The molecular formula is C34H66N4O13. The van der Waals surface area contributed by atoms with Crippen molar-refractivity contribution in [1.29, 1.82) is 0 Å². The highest BCUT2D eigenvalue weighted by atomic mass is 16.6. The fraction of sp³-hybridized carbons (Fsp3) is 0.882. The lowest BCUT2D eigenvalue weighted by atomic mass is 10.3. The lowest BCUT2D eigenvalue weighted by molar-refractivity contribution is -0.146. The summed E-state index contributed by atoms with van der Waals surface area (Å²) in [5.41, 5.74) is 0. The van der Waals surface area contributed by atoms with Crippen LogP contribution in [0.15, 0.2) is 0 Å². The molecule has 0 aliphatic carbocycles. The molecule has 0 spiro atoms. The topological polar surface area (TPSA) is 208 Å². The average Bonchev–Trinajstić information content (AvgIpc) is 3.12. The number of hydrogen-bond donors (Lipinski definition) is 4. The zero-order chi connectivity index (χ0) is 38.0. The van der Waals surface area contributed by atoms with Gasteiger partial charge in [-0.2, -0.15) is 0 Å². The lowest BCUT2D eigenvalue weighted by Gasteiger charge is -2.26. The van der Waals surface area contributed by atoms with Gasteiger partial charge in [0, 0.05) is 85.6 Å². The van der Waals surface area contributed by atoms with Crippen LogP contribution >= 0.6 is 0 Å². The lowest BCUT2D eigenvalue weighted by Crippen LogP contribution is -2.39. The fourth-order valence-electron chi connectivity index (χ4n) is 4.79. The van der Waals surface area contributed by atoms with Gasteiger partial charge in [-0.1, -0.05) is 6.92 Å². The smallest absolute Gasteiger partial charge is 0.307 e. The van der Waals surface area contributed by atoms with Crippen molar-refractivity contribution in [3.05, 3.63) is 0 Å². The van der Waals surface area contributed by atoms with Crippen LogP contribution in [-0.4, -0.2) is 209 Å². The summed E-state index contributed by atoms with van der Waals surface area (Å²) in [5, 5.41) is 37.7. The van der Waals surface area contributed by atoms with Gasteiger partial charge in [-0.3, -0.25) is 38.8 Å². The summed E-state index contributed by atoms with van der Waals surface area (Å²) in [4.78, 5) is 56.0. The molecule has 0 fully saturated rings. The molecule has 0 unspecified atom stereocenters. The number of aliphatic hydroxyl groups is 4. The first-order chi connectivity index (χ1) is 24.7. The number of esters is 4. The van der Waals surface area contributed by atoms with Crippen molar-refractivity contribution in [2.45, 2.75) is 51.9 Å². The predicted octanol–water partition coefficient (Wildman–Crippen LogP) is -1.27. The molecule has 0 aromatic rings. The standard InChI is InChI=1S/C34H66N4O13/c1-3-26-48-31(43)6-10-35(18-22-39)14-15-36(19-23-40)11-7-32(44)49-27-4-5-28-50-33(45)8-12-37(20-24-41)16-17-38(21-25-42)13-9-34(46)51-30-29-47-2/h39-42H,3-30H2,1-2H3. The second-order valence-corrected chi connectivity index (χ2v) is 11.8. The van der Waals surface area contributed by atoms with Crippen LogP contribution in [0, 0.1) is 0 Å². The molecule has 17 heteroatoms. The molecule has 51 heavy (non-hydrogen) atoms. The van der Waals surface area contributed by atoms with Gasteiger partial charge in [0.2, 0.25) is 0 Å². The van der Waals surface area contributed by atoms with Gasteiger partial charge < -0.3 is 44.1 Å². The number of nitrogens with zero attached hydrogens (tertiary/aromatic N) is 4. The molecule has 300 valence electrons. The molecule has 0 aromatic carbocycles. The summed E-state index contributed by atoms with van der Waals surface area (Å²) < 4.78 is 25.7. The molecule has 0 bridgehead atoms. The molecule has 0 amide bonds. The maximum absolute atomic E-state index is 12.3. The molecule has 0 saturated carbocycles. The van der Waals surface area contributed by atoms with E-state index in [-0.39, 0.29) is 95.8 Å². The first-order valence-corrected chi connectivity index (χ1v) is 18.2. The van der Waals surface area contributed by atoms with E-state index in [0.29, 0.717) is 105 Å². The van der Waals surface area contributed by atoms with Crippen LogP contribution in [0.25, 0.3) is 0 Å². The first kappa shape index (κ1) is 48.5. The quantitative estimate of drug-likeness (QED) is 0.0336. The maximum atomic E-state index is 12.3. The Balaban J connectivity index is 4.31. The number of rotatable bonds is 36. The van der Waals surface area contributed by atoms with E-state index >= 15 is 0 Å². The third-order valence-corrected chi connectivity index (χ3v) is 7.74. The highest BCUT2D eigenvalue weighted by Gasteiger charge is 2.15. The van der Waals surface area contributed by atoms with Gasteiger partial charge >= 0.3 is 23.9 Å². The van der Waals surface area contributed by atoms with Crippen LogP contribution in [0.2, 0.25) is 0 Å². The van der Waals surface area contributed by atoms with Crippen LogP contribution in [0.1, 0.15) is 51.9 Å². The first-order valence-electron chi connectivity index (χ1n) is 18.2. The van der Waals surface area contributed by atoms with Crippen LogP contribution in [-0.2, 0) is 42.9 Å². The molecule has 0 rings (SSSR count). The highest BCUT2D eigenvalue weighted by Crippen LogP contribution is 2.02. The molecule has 17 nitrogen and oxygen atoms in total. The van der Waals surface area contributed by atoms with Gasteiger partial charge in [0.25, 0.3) is 0 Å². The Kier molecular flexibility index (Phi) is 32.9. The van der Waals surface area contributed by atoms with E-state index in [1.807, 2.05) is 26.5 Å². The zero-order valence-electron chi connectivity index (χ0n) is 31.1. The molecule has 0 heterocycles. The molecule has 0 saturated heterocycles. The molecule has 4 N–H and O–H groups in total. The Morgan fingerprint density at radius 3 is 0.980 bits per heavy atom. The minimum atomic E-state index is -0.376. The minimum absolute atomic E-state index is 0.0515. The summed E-state index contributed by atoms with van der Waals surface area (Å²) in [7, 11) is 1.52. The Morgan fingerprint density at radius 2 is 0.706 bits per heavy atom. The van der Waals surface area contributed by atoms with Gasteiger partial charge in [-0.25, -0.2) is 0 Å². The van der Waals surface area contributed by atoms with E-state index in [9.17, 15) is 39.6 Å². The molecule has 0 aliphatic heterocycles. The van der Waals surface area contributed by atoms with Crippen molar-refractivity contribution < 1.29 is 63.3 Å². The van der Waals surface area contributed by atoms with Gasteiger partial charge in [0.1, 0.15) is 6.61 Å². The number of ether oxygens (including phenoxy) is 5. The third kappa shape index (κ3) is 29.8. The van der Waals surface area contributed by atoms with Crippen molar-refractivity contribution in [3.8, 4) is 0 Å².